The van der Waals surface area contributed by atoms with E-state index >= 15 is 0 Å². The summed E-state index contributed by atoms with van der Waals surface area (Å²) in [6.45, 7) is 7.58. The Hall–Kier alpha value is -2.93. The second-order valence-electron chi connectivity index (χ2n) is 7.10. The average Bonchev–Trinajstić information content (AvgIpc) is 2.62. The number of nitrogens with zero attached hydrogens (tertiary/aromatic N) is 1. The number of aryl methyl sites for hydroxylation is 2. The van der Waals surface area contributed by atoms with Gasteiger partial charge >= 0.3 is 6.03 Å². The second kappa shape index (κ2) is 8.21. The third kappa shape index (κ3) is 4.40. The molecule has 2 aromatic rings. The molecule has 0 saturated carbocycles. The Morgan fingerprint density at radius 2 is 1.79 bits per heavy atom. The van der Waals surface area contributed by atoms with Crippen molar-refractivity contribution in [2.75, 3.05) is 4.90 Å². The summed E-state index contributed by atoms with van der Waals surface area (Å²) in [6.07, 6.45) is 1.48. The van der Waals surface area contributed by atoms with Crippen LogP contribution < -0.4 is 15.0 Å². The Morgan fingerprint density at radius 3 is 2.41 bits per heavy atom. The molecule has 0 radical (unpaired) electrons. The van der Waals surface area contributed by atoms with Crippen molar-refractivity contribution in [3.8, 4) is 5.75 Å². The van der Waals surface area contributed by atoms with E-state index in [0.717, 1.165) is 16.0 Å². The van der Waals surface area contributed by atoms with Crippen LogP contribution in [0, 0.1) is 13.8 Å². The number of carbonyl (C=O) groups is 3. The summed E-state index contributed by atoms with van der Waals surface area (Å²) in [6, 6.07) is 9.88. The largest absolute Gasteiger partial charge is 0.490 e. The molecule has 1 fully saturated rings. The molecule has 6 nitrogen and oxygen atoms in total. The van der Waals surface area contributed by atoms with Crippen LogP contribution in [-0.4, -0.2) is 23.9 Å². The van der Waals surface area contributed by atoms with Crippen LogP contribution in [0.1, 0.15) is 30.5 Å². The van der Waals surface area contributed by atoms with Crippen molar-refractivity contribution in [3.05, 3.63) is 63.1 Å². The number of ether oxygens (including phenoxy) is 1. The number of imide groups is 2. The number of nitrogens with one attached hydrogen (secondary N) is 1. The molecule has 1 aliphatic rings. The van der Waals surface area contributed by atoms with Crippen LogP contribution in [0.3, 0.4) is 0 Å². The van der Waals surface area contributed by atoms with Crippen LogP contribution in [-0.2, 0) is 9.59 Å². The van der Waals surface area contributed by atoms with Gasteiger partial charge in [0.1, 0.15) is 11.3 Å². The van der Waals surface area contributed by atoms with Gasteiger partial charge in [-0.25, -0.2) is 9.69 Å². The molecule has 1 aliphatic heterocycles. The minimum Gasteiger partial charge on any atom is -0.490 e. The lowest BCUT2D eigenvalue weighted by molar-refractivity contribution is -0.122. The molecule has 0 bridgehead atoms. The number of carbonyl (C=O) groups excluding carboxylic acids is 3. The monoisotopic (exact) mass is 456 g/mol. The Bertz CT molecular complexity index is 1040. The first kappa shape index (κ1) is 20.8. The highest BCUT2D eigenvalue weighted by Gasteiger charge is 2.37. The maximum Gasteiger partial charge on any atom is 0.335 e. The summed E-state index contributed by atoms with van der Waals surface area (Å²) in [4.78, 5) is 38.7. The van der Waals surface area contributed by atoms with E-state index < -0.39 is 17.8 Å². The van der Waals surface area contributed by atoms with Gasteiger partial charge in [0, 0.05) is 0 Å². The van der Waals surface area contributed by atoms with Gasteiger partial charge in [0.2, 0.25) is 0 Å². The van der Waals surface area contributed by atoms with Crippen molar-refractivity contribution in [1.29, 1.82) is 0 Å². The molecule has 0 aliphatic carbocycles. The Balaban J connectivity index is 1.98. The van der Waals surface area contributed by atoms with Crippen LogP contribution in [0.15, 0.2) is 46.4 Å². The minimum atomic E-state index is -0.758. The molecule has 1 saturated heterocycles. The van der Waals surface area contributed by atoms with Crippen molar-refractivity contribution >= 4 is 45.5 Å². The molecule has 7 heteroatoms. The Kier molecular flexibility index (Phi) is 5.88. The van der Waals surface area contributed by atoms with Crippen molar-refractivity contribution in [3.63, 3.8) is 0 Å². The molecule has 1 N–H and O–H groups in total. The molecule has 2 aromatic carbocycles. The van der Waals surface area contributed by atoms with E-state index in [2.05, 4.69) is 21.2 Å². The molecule has 0 aromatic heterocycles. The lowest BCUT2D eigenvalue weighted by Gasteiger charge is -2.27. The predicted molar refractivity (Wildman–Crippen MR) is 115 cm³/mol. The average molecular weight is 457 g/mol. The van der Waals surface area contributed by atoms with Crippen LogP contribution >= 0.6 is 15.9 Å². The van der Waals surface area contributed by atoms with Gasteiger partial charge in [-0.15, -0.1) is 0 Å². The summed E-state index contributed by atoms with van der Waals surface area (Å²) in [5, 5.41) is 2.25. The number of hydrogen-bond acceptors (Lipinski definition) is 4. The number of amides is 4. The number of benzene rings is 2. The molecule has 1 heterocycles. The molecule has 150 valence electrons. The number of hydrogen-bond donors (Lipinski definition) is 1. The van der Waals surface area contributed by atoms with Gasteiger partial charge in [0.15, 0.2) is 0 Å². The zero-order valence-corrected chi connectivity index (χ0v) is 18.2. The van der Waals surface area contributed by atoms with E-state index in [1.165, 1.54) is 6.08 Å². The van der Waals surface area contributed by atoms with E-state index in [1.807, 2.05) is 39.8 Å². The molecular formula is C22H21BrN2O4. The van der Waals surface area contributed by atoms with Crippen molar-refractivity contribution in [2.24, 2.45) is 0 Å². The van der Waals surface area contributed by atoms with Gasteiger partial charge in [0.25, 0.3) is 11.8 Å². The quantitative estimate of drug-likeness (QED) is 0.541. The van der Waals surface area contributed by atoms with E-state index in [-0.39, 0.29) is 11.7 Å². The van der Waals surface area contributed by atoms with E-state index in [9.17, 15) is 14.4 Å². The van der Waals surface area contributed by atoms with Gasteiger partial charge in [0.05, 0.1) is 16.3 Å². The highest BCUT2D eigenvalue weighted by Crippen LogP contribution is 2.29. The molecule has 0 atom stereocenters. The van der Waals surface area contributed by atoms with E-state index in [0.29, 0.717) is 21.5 Å². The van der Waals surface area contributed by atoms with Crippen LogP contribution in [0.5, 0.6) is 5.75 Å². The number of halogens is 1. The Labute approximate surface area is 177 Å². The molecule has 0 spiro atoms. The van der Waals surface area contributed by atoms with Crippen molar-refractivity contribution in [2.45, 2.75) is 33.8 Å². The number of urea groups is 1. The lowest BCUT2D eigenvalue weighted by atomic mass is 10.0. The fraction of sp³-hybridized carbons (Fsp3) is 0.227. The summed E-state index contributed by atoms with van der Waals surface area (Å²) in [5.41, 5.74) is 2.73. The smallest absolute Gasteiger partial charge is 0.335 e. The molecule has 0 unspecified atom stereocenters. The highest BCUT2D eigenvalue weighted by molar-refractivity contribution is 9.10. The zero-order chi connectivity index (χ0) is 21.3. The maximum absolute atomic E-state index is 13.0. The third-order valence-electron chi connectivity index (χ3n) is 4.32. The molecule has 4 amide bonds. The maximum atomic E-state index is 13.0. The summed E-state index contributed by atoms with van der Waals surface area (Å²) in [7, 11) is 0. The Morgan fingerprint density at radius 1 is 1.07 bits per heavy atom. The summed E-state index contributed by atoms with van der Waals surface area (Å²) in [5.74, 6) is -0.724. The topological polar surface area (TPSA) is 75.7 Å². The van der Waals surface area contributed by atoms with Crippen molar-refractivity contribution in [1.82, 2.24) is 5.32 Å². The SMILES string of the molecule is Cc1ccc(N2C(=O)NC(=O)/C(=C\c3ccc(OC(C)C)c(Br)c3)C2=O)c(C)c1. The lowest BCUT2D eigenvalue weighted by Crippen LogP contribution is -2.54. The standard InChI is InChI=1S/C22H21BrN2O4/c1-12(2)29-19-8-6-15(11-17(19)23)10-16-20(26)24-22(28)25(21(16)27)18-7-5-13(3)9-14(18)4/h5-12H,1-4H3,(H,24,26,28)/b16-10+. The minimum absolute atomic E-state index is 0.0125. The molecule has 29 heavy (non-hydrogen) atoms. The highest BCUT2D eigenvalue weighted by atomic mass is 79.9. The van der Waals surface area contributed by atoms with Crippen LogP contribution in [0.2, 0.25) is 0 Å². The van der Waals surface area contributed by atoms with Gasteiger partial charge in [-0.05, 0) is 79.0 Å². The normalized spacial score (nSPS) is 15.9. The predicted octanol–water partition coefficient (Wildman–Crippen LogP) is 4.52. The first-order chi connectivity index (χ1) is 13.7. The second-order valence-corrected chi connectivity index (χ2v) is 7.96. The summed E-state index contributed by atoms with van der Waals surface area (Å²) >= 11 is 3.44. The molecular weight excluding hydrogens is 436 g/mol. The van der Waals surface area contributed by atoms with Gasteiger partial charge in [-0.2, -0.15) is 0 Å². The molecule has 3 rings (SSSR count). The zero-order valence-electron chi connectivity index (χ0n) is 16.6. The number of anilines is 1. The third-order valence-corrected chi connectivity index (χ3v) is 4.94. The van der Waals surface area contributed by atoms with E-state index in [1.54, 1.807) is 24.3 Å². The summed E-state index contributed by atoms with van der Waals surface area (Å²) < 4.78 is 6.38. The van der Waals surface area contributed by atoms with Crippen LogP contribution in [0.25, 0.3) is 6.08 Å². The van der Waals surface area contributed by atoms with Gasteiger partial charge < -0.3 is 4.74 Å². The number of rotatable bonds is 4. The van der Waals surface area contributed by atoms with Crippen molar-refractivity contribution < 1.29 is 19.1 Å². The first-order valence-corrected chi connectivity index (χ1v) is 9.91. The number of barbiturate groups is 1. The fourth-order valence-corrected chi connectivity index (χ4v) is 3.55. The van der Waals surface area contributed by atoms with Gasteiger partial charge in [-0.1, -0.05) is 23.8 Å². The van der Waals surface area contributed by atoms with Gasteiger partial charge in [-0.3, -0.25) is 14.9 Å². The van der Waals surface area contributed by atoms with Crippen LogP contribution in [0.4, 0.5) is 10.5 Å². The van der Waals surface area contributed by atoms with E-state index in [4.69, 9.17) is 4.74 Å². The fourth-order valence-electron chi connectivity index (χ4n) is 3.06. The first-order valence-electron chi connectivity index (χ1n) is 9.12.